The van der Waals surface area contributed by atoms with Gasteiger partial charge in [-0.3, -0.25) is 0 Å². The molecule has 1 saturated heterocycles. The first kappa shape index (κ1) is 14.6. The first-order valence-electron chi connectivity index (χ1n) is 6.43. The van der Waals surface area contributed by atoms with E-state index in [0.717, 1.165) is 18.5 Å². The second-order valence-electron chi connectivity index (χ2n) is 4.56. The van der Waals surface area contributed by atoms with Gasteiger partial charge in [-0.2, -0.15) is 0 Å². The van der Waals surface area contributed by atoms with E-state index in [-0.39, 0.29) is 18.2 Å². The van der Waals surface area contributed by atoms with Crippen LogP contribution < -0.4 is 10.6 Å². The third-order valence-electron chi connectivity index (χ3n) is 3.10. The van der Waals surface area contributed by atoms with Crippen LogP contribution in [0.2, 0.25) is 0 Å². The van der Waals surface area contributed by atoms with Crippen LogP contribution in [0.4, 0.5) is 9.59 Å². The molecule has 0 spiro atoms. The molecule has 8 heteroatoms. The molecule has 1 atom stereocenters. The maximum atomic E-state index is 11.8. The molecule has 2 N–H and O–H groups in total. The van der Waals surface area contributed by atoms with Crippen LogP contribution >= 0.6 is 11.3 Å². The highest BCUT2D eigenvalue weighted by atomic mass is 32.1. The van der Waals surface area contributed by atoms with Crippen molar-refractivity contribution < 1.29 is 14.3 Å². The van der Waals surface area contributed by atoms with Gasteiger partial charge in [0.15, 0.2) is 0 Å². The predicted octanol–water partition coefficient (Wildman–Crippen LogP) is 1.17. The summed E-state index contributed by atoms with van der Waals surface area (Å²) in [5.74, 6) is 0. The van der Waals surface area contributed by atoms with E-state index in [4.69, 9.17) is 4.74 Å². The Morgan fingerprint density at radius 1 is 1.60 bits per heavy atom. The van der Waals surface area contributed by atoms with Crippen molar-refractivity contribution in [2.75, 3.05) is 20.2 Å². The molecule has 2 rings (SSSR count). The number of aromatic nitrogens is 1. The molecule has 1 aliphatic rings. The van der Waals surface area contributed by atoms with Crippen LogP contribution in [0.5, 0.6) is 0 Å². The van der Waals surface area contributed by atoms with E-state index in [2.05, 4.69) is 15.6 Å². The van der Waals surface area contributed by atoms with Crippen LogP contribution in [0, 0.1) is 0 Å². The number of methoxy groups -OCH3 is 1. The van der Waals surface area contributed by atoms with Crippen molar-refractivity contribution >= 4 is 23.5 Å². The van der Waals surface area contributed by atoms with E-state index in [1.165, 1.54) is 18.4 Å². The van der Waals surface area contributed by atoms with Crippen molar-refractivity contribution in [2.45, 2.75) is 25.4 Å². The number of thiazole rings is 1. The lowest BCUT2D eigenvalue weighted by atomic mass is 10.1. The molecule has 0 unspecified atom stereocenters. The summed E-state index contributed by atoms with van der Waals surface area (Å²) in [5.41, 5.74) is 2.56. The normalized spacial score (nSPS) is 18.4. The van der Waals surface area contributed by atoms with Crippen LogP contribution in [0.15, 0.2) is 10.9 Å². The van der Waals surface area contributed by atoms with Gasteiger partial charge in [0, 0.05) is 24.5 Å². The van der Waals surface area contributed by atoms with E-state index >= 15 is 0 Å². The molecule has 2 heterocycles. The topological polar surface area (TPSA) is 83.6 Å². The Bertz CT molecular complexity index is 452. The van der Waals surface area contributed by atoms with E-state index < -0.39 is 0 Å². The smallest absolute Gasteiger partial charge is 0.409 e. The summed E-state index contributed by atoms with van der Waals surface area (Å²) >= 11 is 1.49. The standard InChI is InChI=1S/C12H18N4O3S/c1-19-12(18)16-4-2-3-9(6-16)15-11(17)13-5-10-7-20-8-14-10/h7-9H,2-6H2,1H3,(H2,13,15,17)/t9-/m1/s1. The van der Waals surface area contributed by atoms with E-state index in [0.29, 0.717) is 19.6 Å². The van der Waals surface area contributed by atoms with Crippen LogP contribution in [0.3, 0.4) is 0 Å². The van der Waals surface area contributed by atoms with Crippen LogP contribution in [-0.2, 0) is 11.3 Å². The van der Waals surface area contributed by atoms with Crippen molar-refractivity contribution in [1.29, 1.82) is 0 Å². The number of urea groups is 1. The number of piperidine rings is 1. The molecule has 110 valence electrons. The molecule has 1 aromatic rings. The average molecular weight is 298 g/mol. The summed E-state index contributed by atoms with van der Waals surface area (Å²) in [5, 5.41) is 7.50. The van der Waals surface area contributed by atoms with Gasteiger partial charge in [-0.15, -0.1) is 11.3 Å². The molecule has 0 radical (unpaired) electrons. The number of nitrogens with zero attached hydrogens (tertiary/aromatic N) is 2. The number of ether oxygens (including phenoxy) is 1. The summed E-state index contributed by atoms with van der Waals surface area (Å²) in [6, 6.07) is -0.284. The van der Waals surface area contributed by atoms with Gasteiger partial charge in [0.1, 0.15) is 0 Å². The molecule has 1 fully saturated rings. The number of carbonyl (C=O) groups excluding carboxylic acids is 2. The minimum absolute atomic E-state index is 0.0433. The van der Waals surface area contributed by atoms with Crippen molar-refractivity contribution in [1.82, 2.24) is 20.5 Å². The molecule has 0 saturated carbocycles. The quantitative estimate of drug-likeness (QED) is 0.877. The van der Waals surface area contributed by atoms with Crippen molar-refractivity contribution in [3.63, 3.8) is 0 Å². The van der Waals surface area contributed by atoms with Gasteiger partial charge in [0.25, 0.3) is 0 Å². The molecule has 20 heavy (non-hydrogen) atoms. The Morgan fingerprint density at radius 3 is 3.15 bits per heavy atom. The number of rotatable bonds is 3. The number of hydrogen-bond acceptors (Lipinski definition) is 5. The third-order valence-corrected chi connectivity index (χ3v) is 3.74. The fourth-order valence-electron chi connectivity index (χ4n) is 2.12. The fraction of sp³-hybridized carbons (Fsp3) is 0.583. The zero-order valence-corrected chi connectivity index (χ0v) is 12.1. The number of hydrogen-bond donors (Lipinski definition) is 2. The Morgan fingerprint density at radius 2 is 2.45 bits per heavy atom. The summed E-state index contributed by atoms with van der Waals surface area (Å²) < 4.78 is 4.69. The van der Waals surface area contributed by atoms with Gasteiger partial charge in [-0.05, 0) is 12.8 Å². The molecule has 1 aliphatic heterocycles. The molecule has 7 nitrogen and oxygen atoms in total. The van der Waals surface area contributed by atoms with Gasteiger partial charge in [-0.1, -0.05) is 0 Å². The highest BCUT2D eigenvalue weighted by Crippen LogP contribution is 2.11. The lowest BCUT2D eigenvalue weighted by Crippen LogP contribution is -2.51. The minimum Gasteiger partial charge on any atom is -0.453 e. The highest BCUT2D eigenvalue weighted by Gasteiger charge is 2.25. The first-order chi connectivity index (χ1) is 9.69. The summed E-state index contributed by atoms with van der Waals surface area (Å²) in [6.45, 7) is 1.56. The van der Waals surface area contributed by atoms with Crippen molar-refractivity contribution in [3.8, 4) is 0 Å². The van der Waals surface area contributed by atoms with Crippen LogP contribution in [-0.4, -0.2) is 48.2 Å². The monoisotopic (exact) mass is 298 g/mol. The maximum Gasteiger partial charge on any atom is 0.409 e. The van der Waals surface area contributed by atoms with Crippen molar-refractivity contribution in [2.24, 2.45) is 0 Å². The van der Waals surface area contributed by atoms with Gasteiger partial charge in [0.2, 0.25) is 0 Å². The molecule has 1 aromatic heterocycles. The summed E-state index contributed by atoms with van der Waals surface area (Å²) in [7, 11) is 1.36. The largest absolute Gasteiger partial charge is 0.453 e. The molecule has 0 aliphatic carbocycles. The fourth-order valence-corrected chi connectivity index (χ4v) is 2.68. The lowest BCUT2D eigenvalue weighted by Gasteiger charge is -2.32. The van der Waals surface area contributed by atoms with E-state index in [1.54, 1.807) is 10.4 Å². The SMILES string of the molecule is COC(=O)N1CCC[C@@H](NC(=O)NCc2cscn2)C1. The first-order valence-corrected chi connectivity index (χ1v) is 7.37. The Hall–Kier alpha value is -1.83. The zero-order valence-electron chi connectivity index (χ0n) is 11.3. The molecular formula is C12H18N4O3S. The molecule has 3 amide bonds. The molecule has 0 bridgehead atoms. The third kappa shape index (κ3) is 4.09. The number of carbonyl (C=O) groups is 2. The summed E-state index contributed by atoms with van der Waals surface area (Å²) in [4.78, 5) is 28.9. The molecular weight excluding hydrogens is 280 g/mol. The Kier molecular flexibility index (Phi) is 5.16. The van der Waals surface area contributed by atoms with Gasteiger partial charge < -0.3 is 20.3 Å². The van der Waals surface area contributed by atoms with Crippen LogP contribution in [0.25, 0.3) is 0 Å². The van der Waals surface area contributed by atoms with Crippen molar-refractivity contribution in [3.05, 3.63) is 16.6 Å². The lowest BCUT2D eigenvalue weighted by molar-refractivity contribution is 0.108. The molecule has 0 aromatic carbocycles. The predicted molar refractivity (Wildman–Crippen MR) is 74.5 cm³/mol. The minimum atomic E-state index is -0.348. The Labute approximate surface area is 121 Å². The van der Waals surface area contributed by atoms with E-state index in [1.807, 2.05) is 5.38 Å². The maximum absolute atomic E-state index is 11.8. The van der Waals surface area contributed by atoms with E-state index in [9.17, 15) is 9.59 Å². The Balaban J connectivity index is 1.74. The average Bonchev–Trinajstić information content (AvgIpc) is 2.98. The van der Waals surface area contributed by atoms with Gasteiger partial charge in [-0.25, -0.2) is 14.6 Å². The zero-order chi connectivity index (χ0) is 14.4. The summed E-state index contributed by atoms with van der Waals surface area (Å²) in [6.07, 6.45) is 1.36. The second kappa shape index (κ2) is 7.09. The number of likely N-dealkylation sites (tertiary alicyclic amines) is 1. The van der Waals surface area contributed by atoms with Gasteiger partial charge in [0.05, 0.1) is 24.9 Å². The van der Waals surface area contributed by atoms with Crippen LogP contribution in [0.1, 0.15) is 18.5 Å². The number of amides is 3. The van der Waals surface area contributed by atoms with Gasteiger partial charge >= 0.3 is 12.1 Å². The number of nitrogens with one attached hydrogen (secondary N) is 2. The highest BCUT2D eigenvalue weighted by molar-refractivity contribution is 7.07. The second-order valence-corrected chi connectivity index (χ2v) is 5.28.